The van der Waals surface area contributed by atoms with E-state index in [1.807, 2.05) is 13.8 Å². The van der Waals surface area contributed by atoms with Crippen LogP contribution in [0.4, 0.5) is 13.2 Å². The molecule has 3 unspecified atom stereocenters. The van der Waals surface area contributed by atoms with Crippen molar-refractivity contribution in [2.75, 3.05) is 6.61 Å². The molecule has 1 aliphatic carbocycles. The number of hydrogen-bond donors (Lipinski definition) is 2. The lowest BCUT2D eigenvalue weighted by Crippen LogP contribution is -2.53. The molecule has 1 saturated carbocycles. The van der Waals surface area contributed by atoms with Gasteiger partial charge in [0.2, 0.25) is 5.91 Å². The molecular formula is C18H25F3N2O2. The highest BCUT2D eigenvalue weighted by Crippen LogP contribution is 2.32. The van der Waals surface area contributed by atoms with Gasteiger partial charge in [-0.2, -0.15) is 13.2 Å². The molecule has 0 aromatic heterocycles. The van der Waals surface area contributed by atoms with Crippen LogP contribution in [0.5, 0.6) is 5.75 Å². The van der Waals surface area contributed by atoms with E-state index in [9.17, 15) is 18.0 Å². The van der Waals surface area contributed by atoms with Crippen molar-refractivity contribution < 1.29 is 22.7 Å². The van der Waals surface area contributed by atoms with Crippen LogP contribution in [0, 0.1) is 5.92 Å². The number of benzene rings is 1. The third-order valence-electron chi connectivity index (χ3n) is 4.71. The molecule has 0 saturated heterocycles. The van der Waals surface area contributed by atoms with Crippen LogP contribution in [0.3, 0.4) is 0 Å². The first-order valence-corrected chi connectivity index (χ1v) is 8.47. The van der Waals surface area contributed by atoms with Gasteiger partial charge in [0.1, 0.15) is 5.75 Å². The lowest BCUT2D eigenvalue weighted by atomic mass is 9.74. The van der Waals surface area contributed by atoms with Gasteiger partial charge in [-0.25, -0.2) is 0 Å². The van der Waals surface area contributed by atoms with Crippen molar-refractivity contribution in [1.82, 2.24) is 5.32 Å². The van der Waals surface area contributed by atoms with E-state index in [1.165, 1.54) is 12.1 Å². The Balaban J connectivity index is 1.94. The first kappa shape index (κ1) is 19.6. The largest absolute Gasteiger partial charge is 0.484 e. The van der Waals surface area contributed by atoms with Crippen LogP contribution in [0.15, 0.2) is 24.3 Å². The average molecular weight is 358 g/mol. The fraction of sp³-hybridized carbons (Fsp3) is 0.611. The molecule has 0 spiro atoms. The second-order valence-electron chi connectivity index (χ2n) is 7.01. The third-order valence-corrected chi connectivity index (χ3v) is 4.71. The molecule has 1 aromatic rings. The van der Waals surface area contributed by atoms with Gasteiger partial charge in [-0.1, -0.05) is 25.0 Å². The Bertz CT molecular complexity index is 585. The fourth-order valence-electron chi connectivity index (χ4n) is 3.20. The number of ether oxygens (including phenoxy) is 1. The second-order valence-corrected chi connectivity index (χ2v) is 7.01. The summed E-state index contributed by atoms with van der Waals surface area (Å²) in [6.07, 6.45) is -0.745. The lowest BCUT2D eigenvalue weighted by molar-refractivity contribution is -0.153. The van der Waals surface area contributed by atoms with Crippen molar-refractivity contribution >= 4 is 5.91 Å². The molecule has 1 aliphatic rings. The summed E-state index contributed by atoms with van der Waals surface area (Å²) in [5, 5.41) is 2.96. The molecule has 2 rings (SSSR count). The van der Waals surface area contributed by atoms with Gasteiger partial charge < -0.3 is 15.8 Å². The Kier molecular flexibility index (Phi) is 5.98. The molecule has 25 heavy (non-hydrogen) atoms. The molecule has 4 nitrogen and oxygen atoms in total. The van der Waals surface area contributed by atoms with Gasteiger partial charge in [0, 0.05) is 5.54 Å². The maximum atomic E-state index is 12.5. The molecule has 7 heteroatoms. The summed E-state index contributed by atoms with van der Waals surface area (Å²) in [6, 6.07) is 5.98. The Labute approximate surface area is 145 Å². The van der Waals surface area contributed by atoms with E-state index in [0.29, 0.717) is 0 Å². The maximum absolute atomic E-state index is 12.5. The third kappa shape index (κ3) is 5.63. The molecule has 1 fully saturated rings. The molecular weight excluding hydrogens is 333 g/mol. The van der Waals surface area contributed by atoms with Crippen LogP contribution in [0.2, 0.25) is 0 Å². The van der Waals surface area contributed by atoms with Gasteiger partial charge in [0.05, 0.1) is 12.0 Å². The Morgan fingerprint density at radius 2 is 2.00 bits per heavy atom. The van der Waals surface area contributed by atoms with Crippen LogP contribution >= 0.6 is 0 Å². The SMILES string of the molecule is CC(NC(=O)C1CCCCC1(C)N)c1ccc(OCC(F)(F)F)cc1. The molecule has 0 heterocycles. The quantitative estimate of drug-likeness (QED) is 0.843. The van der Waals surface area contributed by atoms with Crippen molar-refractivity contribution in [3.05, 3.63) is 29.8 Å². The number of hydrogen-bond acceptors (Lipinski definition) is 3. The number of amides is 1. The minimum atomic E-state index is -4.37. The zero-order valence-corrected chi connectivity index (χ0v) is 14.5. The van der Waals surface area contributed by atoms with Crippen molar-refractivity contribution in [1.29, 1.82) is 0 Å². The molecule has 0 bridgehead atoms. The van der Waals surface area contributed by atoms with E-state index in [0.717, 1.165) is 31.2 Å². The van der Waals surface area contributed by atoms with E-state index in [2.05, 4.69) is 10.1 Å². The van der Waals surface area contributed by atoms with Crippen LogP contribution in [-0.2, 0) is 4.79 Å². The van der Waals surface area contributed by atoms with Crippen molar-refractivity contribution in [2.45, 2.75) is 57.3 Å². The molecule has 0 aliphatic heterocycles. The number of alkyl halides is 3. The number of halogens is 3. The minimum Gasteiger partial charge on any atom is -0.484 e. The topological polar surface area (TPSA) is 64.4 Å². The maximum Gasteiger partial charge on any atom is 0.422 e. The summed E-state index contributed by atoms with van der Waals surface area (Å²) in [6.45, 7) is 2.42. The van der Waals surface area contributed by atoms with Crippen LogP contribution in [0.25, 0.3) is 0 Å². The first-order chi connectivity index (χ1) is 11.6. The number of rotatable bonds is 5. The van der Waals surface area contributed by atoms with E-state index in [4.69, 9.17) is 5.73 Å². The van der Waals surface area contributed by atoms with Gasteiger partial charge in [-0.15, -0.1) is 0 Å². The summed E-state index contributed by atoms with van der Waals surface area (Å²) < 4.78 is 41.1. The number of carbonyl (C=O) groups is 1. The van der Waals surface area contributed by atoms with Crippen molar-refractivity contribution in [2.24, 2.45) is 11.7 Å². The number of nitrogens with two attached hydrogens (primary N) is 1. The summed E-state index contributed by atoms with van der Waals surface area (Å²) in [7, 11) is 0. The summed E-state index contributed by atoms with van der Waals surface area (Å²) >= 11 is 0. The number of nitrogens with one attached hydrogen (secondary N) is 1. The lowest BCUT2D eigenvalue weighted by Gasteiger charge is -2.37. The highest BCUT2D eigenvalue weighted by molar-refractivity contribution is 5.80. The average Bonchev–Trinajstić information content (AvgIpc) is 2.52. The fourth-order valence-corrected chi connectivity index (χ4v) is 3.20. The van der Waals surface area contributed by atoms with Crippen LogP contribution in [-0.4, -0.2) is 24.2 Å². The van der Waals surface area contributed by atoms with Crippen molar-refractivity contribution in [3.8, 4) is 5.75 Å². The van der Waals surface area contributed by atoms with Gasteiger partial charge >= 0.3 is 6.18 Å². The number of carbonyl (C=O) groups excluding carboxylic acids is 1. The van der Waals surface area contributed by atoms with E-state index < -0.39 is 18.3 Å². The highest BCUT2D eigenvalue weighted by atomic mass is 19.4. The predicted octanol–water partition coefficient (Wildman–Crippen LogP) is 3.71. The molecule has 1 aromatic carbocycles. The molecule has 0 radical (unpaired) electrons. The van der Waals surface area contributed by atoms with E-state index in [-0.39, 0.29) is 23.6 Å². The van der Waals surface area contributed by atoms with Gasteiger partial charge in [0.25, 0.3) is 0 Å². The smallest absolute Gasteiger partial charge is 0.422 e. The zero-order valence-electron chi connectivity index (χ0n) is 14.5. The van der Waals surface area contributed by atoms with E-state index in [1.54, 1.807) is 12.1 Å². The standard InChI is InChI=1S/C18H25F3N2O2/c1-12(23-16(24)15-5-3-4-10-17(15,2)22)13-6-8-14(9-7-13)25-11-18(19,20)21/h6-9,12,15H,3-5,10-11,22H2,1-2H3,(H,23,24). The Morgan fingerprint density at radius 3 is 2.56 bits per heavy atom. The second kappa shape index (κ2) is 7.64. The monoisotopic (exact) mass is 358 g/mol. The first-order valence-electron chi connectivity index (χ1n) is 8.47. The summed E-state index contributed by atoms with van der Waals surface area (Å²) in [4.78, 5) is 12.5. The summed E-state index contributed by atoms with van der Waals surface area (Å²) in [5.74, 6) is -0.158. The Hall–Kier alpha value is -1.76. The Morgan fingerprint density at radius 1 is 1.36 bits per heavy atom. The molecule has 3 N–H and O–H groups in total. The molecule has 140 valence electrons. The molecule has 3 atom stereocenters. The summed E-state index contributed by atoms with van der Waals surface area (Å²) in [5.41, 5.74) is 6.55. The van der Waals surface area contributed by atoms with Gasteiger partial charge in [-0.05, 0) is 44.4 Å². The minimum absolute atomic E-state index is 0.0744. The van der Waals surface area contributed by atoms with Crippen LogP contribution < -0.4 is 15.8 Å². The predicted molar refractivity (Wildman–Crippen MR) is 89.1 cm³/mol. The van der Waals surface area contributed by atoms with Crippen molar-refractivity contribution in [3.63, 3.8) is 0 Å². The van der Waals surface area contributed by atoms with E-state index >= 15 is 0 Å². The normalized spacial score (nSPS) is 25.3. The van der Waals surface area contributed by atoms with Crippen LogP contribution in [0.1, 0.15) is 51.1 Å². The molecule has 1 amide bonds. The zero-order chi connectivity index (χ0) is 18.7. The van der Waals surface area contributed by atoms with Gasteiger partial charge in [0.15, 0.2) is 6.61 Å². The highest BCUT2D eigenvalue weighted by Gasteiger charge is 2.38. The van der Waals surface area contributed by atoms with Gasteiger partial charge in [-0.3, -0.25) is 4.79 Å².